The molecule has 2 amide bonds. The van der Waals surface area contributed by atoms with E-state index < -0.39 is 22.7 Å². The lowest BCUT2D eigenvalue weighted by atomic mass is 10.1. The first-order valence-electron chi connectivity index (χ1n) is 9.37. The minimum Gasteiger partial charge on any atom is -0.354 e. The van der Waals surface area contributed by atoms with Crippen molar-refractivity contribution in [2.24, 2.45) is 0 Å². The number of rotatable bonds is 9. The first-order valence-corrected chi connectivity index (χ1v) is 9.37. The number of carbonyl (C=O) groups excluding carboxylic acids is 2. The zero-order chi connectivity index (χ0) is 21.4. The van der Waals surface area contributed by atoms with Gasteiger partial charge in [0.15, 0.2) is 0 Å². The number of halogens is 1. The molecule has 0 bridgehead atoms. The Morgan fingerprint density at radius 2 is 1.83 bits per heavy atom. The highest BCUT2D eigenvalue weighted by Gasteiger charge is 2.27. The fourth-order valence-electron chi connectivity index (χ4n) is 2.87. The first kappa shape index (κ1) is 22.0. The second-order valence-corrected chi connectivity index (χ2v) is 6.68. The molecule has 0 aliphatic carbocycles. The molecule has 0 aliphatic rings. The zero-order valence-electron chi connectivity index (χ0n) is 16.4. The van der Waals surface area contributed by atoms with Crippen LogP contribution in [0.5, 0.6) is 0 Å². The van der Waals surface area contributed by atoms with E-state index in [1.54, 1.807) is 13.0 Å². The molecule has 1 atom stereocenters. The van der Waals surface area contributed by atoms with E-state index in [9.17, 15) is 24.1 Å². The summed E-state index contributed by atoms with van der Waals surface area (Å²) in [4.78, 5) is 37.5. The summed E-state index contributed by atoms with van der Waals surface area (Å²) in [5.41, 5.74) is 0.774. The van der Waals surface area contributed by atoms with Crippen molar-refractivity contribution in [1.29, 1.82) is 0 Å². The number of nitro benzene ring substituents is 1. The minimum atomic E-state index is -0.790. The fraction of sp³-hybridized carbons (Fsp3) is 0.333. The van der Waals surface area contributed by atoms with Crippen molar-refractivity contribution in [3.8, 4) is 0 Å². The molecular weight excluding hydrogens is 377 g/mol. The maximum absolute atomic E-state index is 13.2. The third-order valence-corrected chi connectivity index (χ3v) is 4.51. The summed E-state index contributed by atoms with van der Waals surface area (Å²) in [7, 11) is 0. The highest BCUT2D eigenvalue weighted by molar-refractivity contribution is 5.88. The SMILES string of the molecule is CCCNC(=O)C(C)N(Cc1ccc(F)cc1)C(=O)Cc1ccccc1[N+](=O)[O-]. The van der Waals surface area contributed by atoms with Crippen LogP contribution in [0.4, 0.5) is 10.1 Å². The van der Waals surface area contributed by atoms with Crippen LogP contribution in [0.15, 0.2) is 48.5 Å². The number of hydrogen-bond donors (Lipinski definition) is 1. The Hall–Kier alpha value is -3.29. The summed E-state index contributed by atoms with van der Waals surface area (Å²) < 4.78 is 13.2. The summed E-state index contributed by atoms with van der Waals surface area (Å²) in [6, 6.07) is 10.9. The van der Waals surface area contributed by atoms with Gasteiger partial charge in [-0.3, -0.25) is 19.7 Å². The van der Waals surface area contributed by atoms with Crippen LogP contribution >= 0.6 is 0 Å². The van der Waals surface area contributed by atoms with Gasteiger partial charge in [0, 0.05) is 24.7 Å². The van der Waals surface area contributed by atoms with E-state index in [2.05, 4.69) is 5.32 Å². The summed E-state index contributed by atoms with van der Waals surface area (Å²) >= 11 is 0. The first-order chi connectivity index (χ1) is 13.8. The molecule has 2 aromatic rings. The third kappa shape index (κ3) is 6.10. The fourth-order valence-corrected chi connectivity index (χ4v) is 2.87. The van der Waals surface area contributed by atoms with Gasteiger partial charge >= 0.3 is 0 Å². The van der Waals surface area contributed by atoms with E-state index in [1.165, 1.54) is 47.4 Å². The predicted octanol–water partition coefficient (Wildman–Crippen LogP) is 3.22. The molecule has 0 aliphatic heterocycles. The molecule has 2 aromatic carbocycles. The molecule has 0 saturated carbocycles. The van der Waals surface area contributed by atoms with Crippen LogP contribution < -0.4 is 5.32 Å². The maximum Gasteiger partial charge on any atom is 0.273 e. The van der Waals surface area contributed by atoms with Crippen LogP contribution in [0, 0.1) is 15.9 Å². The normalized spacial score (nSPS) is 11.6. The van der Waals surface area contributed by atoms with Gasteiger partial charge in [-0.25, -0.2) is 4.39 Å². The molecule has 0 radical (unpaired) electrons. The number of hydrogen-bond acceptors (Lipinski definition) is 4. The average molecular weight is 401 g/mol. The highest BCUT2D eigenvalue weighted by Crippen LogP contribution is 2.20. The number of amides is 2. The van der Waals surface area contributed by atoms with Gasteiger partial charge in [0.2, 0.25) is 11.8 Å². The minimum absolute atomic E-state index is 0.0838. The predicted molar refractivity (Wildman–Crippen MR) is 107 cm³/mol. The van der Waals surface area contributed by atoms with Crippen molar-refractivity contribution in [2.45, 2.75) is 39.3 Å². The van der Waals surface area contributed by atoms with Crippen LogP contribution in [-0.2, 0) is 22.6 Å². The zero-order valence-corrected chi connectivity index (χ0v) is 16.4. The number of nitrogens with zero attached hydrogens (tertiary/aromatic N) is 2. The Balaban J connectivity index is 2.27. The smallest absolute Gasteiger partial charge is 0.273 e. The quantitative estimate of drug-likeness (QED) is 0.516. The van der Waals surface area contributed by atoms with Gasteiger partial charge in [0.05, 0.1) is 11.3 Å². The largest absolute Gasteiger partial charge is 0.354 e. The summed E-state index contributed by atoms with van der Waals surface area (Å²) in [5.74, 6) is -1.15. The van der Waals surface area contributed by atoms with E-state index in [0.717, 1.165) is 6.42 Å². The van der Waals surface area contributed by atoms with Crippen LogP contribution in [-0.4, -0.2) is 34.2 Å². The second-order valence-electron chi connectivity index (χ2n) is 6.68. The number of nitrogens with one attached hydrogen (secondary N) is 1. The van der Waals surface area contributed by atoms with E-state index in [-0.39, 0.29) is 30.1 Å². The molecule has 154 valence electrons. The van der Waals surface area contributed by atoms with Gasteiger partial charge in [0.25, 0.3) is 5.69 Å². The lowest BCUT2D eigenvalue weighted by molar-refractivity contribution is -0.385. The molecule has 8 heteroatoms. The van der Waals surface area contributed by atoms with Gasteiger partial charge in [-0.2, -0.15) is 0 Å². The van der Waals surface area contributed by atoms with Crippen molar-refractivity contribution in [2.75, 3.05) is 6.54 Å². The molecule has 0 heterocycles. The van der Waals surface area contributed by atoms with Crippen molar-refractivity contribution < 1.29 is 18.9 Å². The molecule has 2 rings (SSSR count). The number of benzene rings is 2. The maximum atomic E-state index is 13.2. The molecule has 0 aromatic heterocycles. The Labute approximate surface area is 168 Å². The van der Waals surface area contributed by atoms with Gasteiger partial charge in [0.1, 0.15) is 11.9 Å². The van der Waals surface area contributed by atoms with Crippen LogP contribution in [0.3, 0.4) is 0 Å². The molecule has 1 unspecified atom stereocenters. The lowest BCUT2D eigenvalue weighted by Gasteiger charge is -2.29. The van der Waals surface area contributed by atoms with Crippen LogP contribution in [0.1, 0.15) is 31.4 Å². The molecular formula is C21H24FN3O4. The Kier molecular flexibility index (Phi) is 7.82. The van der Waals surface area contributed by atoms with Crippen molar-refractivity contribution in [3.05, 3.63) is 75.6 Å². The topological polar surface area (TPSA) is 92.6 Å². The van der Waals surface area contributed by atoms with E-state index in [4.69, 9.17) is 0 Å². The van der Waals surface area contributed by atoms with E-state index in [0.29, 0.717) is 12.1 Å². The van der Waals surface area contributed by atoms with Crippen LogP contribution in [0.2, 0.25) is 0 Å². The molecule has 0 fully saturated rings. The number of carbonyl (C=O) groups is 2. The molecule has 0 saturated heterocycles. The van der Waals surface area contributed by atoms with Crippen molar-refractivity contribution in [1.82, 2.24) is 10.2 Å². The summed E-state index contributed by atoms with van der Waals surface area (Å²) in [6.45, 7) is 4.08. The van der Waals surface area contributed by atoms with Gasteiger partial charge in [-0.15, -0.1) is 0 Å². The Morgan fingerprint density at radius 1 is 1.17 bits per heavy atom. The number of nitro groups is 1. The van der Waals surface area contributed by atoms with Crippen molar-refractivity contribution in [3.63, 3.8) is 0 Å². The Bertz CT molecular complexity index is 870. The van der Waals surface area contributed by atoms with E-state index in [1.807, 2.05) is 6.92 Å². The summed E-state index contributed by atoms with van der Waals surface area (Å²) in [5, 5.41) is 14.0. The molecule has 7 nitrogen and oxygen atoms in total. The van der Waals surface area contributed by atoms with E-state index >= 15 is 0 Å². The van der Waals surface area contributed by atoms with Crippen LogP contribution in [0.25, 0.3) is 0 Å². The molecule has 0 spiro atoms. The average Bonchev–Trinajstić information content (AvgIpc) is 2.71. The lowest BCUT2D eigenvalue weighted by Crippen LogP contribution is -2.48. The third-order valence-electron chi connectivity index (χ3n) is 4.51. The van der Waals surface area contributed by atoms with Gasteiger partial charge < -0.3 is 10.2 Å². The Morgan fingerprint density at radius 3 is 2.45 bits per heavy atom. The van der Waals surface area contributed by atoms with Gasteiger partial charge in [-0.1, -0.05) is 37.3 Å². The number of para-hydroxylation sites is 1. The summed E-state index contributed by atoms with van der Waals surface area (Å²) in [6.07, 6.45) is 0.532. The van der Waals surface area contributed by atoms with Gasteiger partial charge in [-0.05, 0) is 31.0 Å². The van der Waals surface area contributed by atoms with Crippen molar-refractivity contribution >= 4 is 17.5 Å². The molecule has 29 heavy (non-hydrogen) atoms. The highest BCUT2D eigenvalue weighted by atomic mass is 19.1. The standard InChI is InChI=1S/C21H24FN3O4/c1-3-12-23-21(27)15(2)24(14-16-8-10-18(22)11-9-16)20(26)13-17-6-4-5-7-19(17)25(28)29/h4-11,15H,3,12-14H2,1-2H3,(H,23,27). The monoisotopic (exact) mass is 401 g/mol. The molecule has 1 N–H and O–H groups in total. The second kappa shape index (κ2) is 10.3.